The van der Waals surface area contributed by atoms with Crippen LogP contribution in [0.15, 0.2) is 57.9 Å². The van der Waals surface area contributed by atoms with Crippen molar-refractivity contribution in [1.29, 1.82) is 0 Å². The third-order valence-electron chi connectivity index (χ3n) is 2.89. The molecule has 110 valence electrons. The number of methoxy groups -OCH3 is 1. The number of ether oxygens (including phenoxy) is 1. The Hall–Kier alpha value is -1.66. The van der Waals surface area contributed by atoms with Crippen LogP contribution in [0.1, 0.15) is 10.4 Å². The lowest BCUT2D eigenvalue weighted by Gasteiger charge is -2.06. The van der Waals surface area contributed by atoms with Gasteiger partial charge in [-0.05, 0) is 30.3 Å². The molecule has 0 N–H and O–H groups in total. The van der Waals surface area contributed by atoms with Crippen molar-refractivity contribution in [1.82, 2.24) is 0 Å². The van der Waals surface area contributed by atoms with E-state index < -0.39 is 21.4 Å². The van der Waals surface area contributed by atoms with Crippen molar-refractivity contribution in [3.05, 3.63) is 58.6 Å². The van der Waals surface area contributed by atoms with Gasteiger partial charge in [0, 0.05) is 10.0 Å². The van der Waals surface area contributed by atoms with Gasteiger partial charge in [-0.25, -0.2) is 8.42 Å². The average molecular weight is 369 g/mol. The van der Waals surface area contributed by atoms with E-state index in [9.17, 15) is 13.2 Å². The third kappa shape index (κ3) is 3.92. The summed E-state index contributed by atoms with van der Waals surface area (Å²) < 4.78 is 30.4. The van der Waals surface area contributed by atoms with Crippen molar-refractivity contribution in [2.75, 3.05) is 12.9 Å². The Kier molecular flexibility index (Phi) is 4.80. The first-order valence-corrected chi connectivity index (χ1v) is 8.52. The molecular weight excluding hydrogens is 356 g/mol. The number of carbonyl (C=O) groups is 1. The molecule has 0 saturated carbocycles. The monoisotopic (exact) mass is 368 g/mol. The van der Waals surface area contributed by atoms with E-state index in [0.29, 0.717) is 11.3 Å². The van der Waals surface area contributed by atoms with Gasteiger partial charge >= 0.3 is 0 Å². The minimum Gasteiger partial charge on any atom is -0.497 e. The second-order valence-electron chi connectivity index (χ2n) is 4.37. The highest BCUT2D eigenvalue weighted by Crippen LogP contribution is 2.19. The molecule has 0 aliphatic heterocycles. The van der Waals surface area contributed by atoms with Crippen LogP contribution in [-0.4, -0.2) is 27.1 Å². The van der Waals surface area contributed by atoms with Crippen molar-refractivity contribution >= 4 is 31.6 Å². The lowest BCUT2D eigenvalue weighted by atomic mass is 10.2. The van der Waals surface area contributed by atoms with E-state index in [0.717, 1.165) is 4.47 Å². The molecule has 2 aromatic rings. The maximum absolute atomic E-state index is 12.3. The van der Waals surface area contributed by atoms with Gasteiger partial charge in [0.1, 0.15) is 11.5 Å². The van der Waals surface area contributed by atoms with Crippen molar-refractivity contribution in [2.45, 2.75) is 4.90 Å². The second kappa shape index (κ2) is 6.41. The zero-order valence-electron chi connectivity index (χ0n) is 11.2. The first-order chi connectivity index (χ1) is 9.92. The number of sulfone groups is 1. The van der Waals surface area contributed by atoms with Gasteiger partial charge in [-0.1, -0.05) is 34.1 Å². The van der Waals surface area contributed by atoms with Crippen LogP contribution >= 0.6 is 15.9 Å². The molecule has 0 amide bonds. The molecule has 0 aromatic heterocycles. The number of benzene rings is 2. The van der Waals surface area contributed by atoms with Gasteiger partial charge in [0.15, 0.2) is 15.6 Å². The fourth-order valence-corrected chi connectivity index (χ4v) is 3.29. The van der Waals surface area contributed by atoms with Crippen molar-refractivity contribution < 1.29 is 17.9 Å². The van der Waals surface area contributed by atoms with E-state index in [-0.39, 0.29) is 4.90 Å². The first kappa shape index (κ1) is 15.7. The molecule has 0 unspecified atom stereocenters. The summed E-state index contributed by atoms with van der Waals surface area (Å²) in [6.07, 6.45) is 0. The van der Waals surface area contributed by atoms with Crippen molar-refractivity contribution in [3.63, 3.8) is 0 Å². The number of Topliss-reactive ketones (excluding diaryl/α,β-unsaturated/α-hetero) is 1. The number of hydrogen-bond donors (Lipinski definition) is 0. The molecule has 21 heavy (non-hydrogen) atoms. The summed E-state index contributed by atoms with van der Waals surface area (Å²) >= 11 is 3.27. The molecular formula is C15H13BrO4S. The van der Waals surface area contributed by atoms with Crippen LogP contribution in [-0.2, 0) is 9.84 Å². The van der Waals surface area contributed by atoms with Crippen molar-refractivity contribution in [2.24, 2.45) is 0 Å². The normalized spacial score (nSPS) is 11.1. The summed E-state index contributed by atoms with van der Waals surface area (Å²) in [6.45, 7) is 0. The molecule has 0 heterocycles. The molecule has 4 nitrogen and oxygen atoms in total. The Morgan fingerprint density at radius 1 is 1.14 bits per heavy atom. The quantitative estimate of drug-likeness (QED) is 0.760. The summed E-state index contributed by atoms with van der Waals surface area (Å²) in [4.78, 5) is 12.1. The summed E-state index contributed by atoms with van der Waals surface area (Å²) in [5, 5.41) is 0. The minimum absolute atomic E-state index is 0.0762. The molecule has 0 aliphatic carbocycles. The van der Waals surface area contributed by atoms with E-state index >= 15 is 0 Å². The highest BCUT2D eigenvalue weighted by molar-refractivity contribution is 9.10. The summed E-state index contributed by atoms with van der Waals surface area (Å²) in [7, 11) is -2.23. The maximum Gasteiger partial charge on any atom is 0.185 e. The van der Waals surface area contributed by atoms with Gasteiger partial charge in [-0.3, -0.25) is 4.79 Å². The predicted octanol–water partition coefficient (Wildman–Crippen LogP) is 3.11. The predicted molar refractivity (Wildman–Crippen MR) is 83.5 cm³/mol. The van der Waals surface area contributed by atoms with Crippen LogP contribution in [0.5, 0.6) is 5.75 Å². The Morgan fingerprint density at radius 2 is 1.81 bits per heavy atom. The first-order valence-electron chi connectivity index (χ1n) is 6.08. The highest BCUT2D eigenvalue weighted by Gasteiger charge is 2.20. The molecule has 0 spiro atoms. The molecule has 0 bridgehead atoms. The van der Waals surface area contributed by atoms with Gasteiger partial charge in [0.2, 0.25) is 0 Å². The van der Waals surface area contributed by atoms with Crippen LogP contribution in [0.3, 0.4) is 0 Å². The number of ketones is 1. The highest BCUT2D eigenvalue weighted by atomic mass is 79.9. The molecule has 0 saturated heterocycles. The van der Waals surface area contributed by atoms with Gasteiger partial charge in [0.05, 0.1) is 12.0 Å². The standard InChI is InChI=1S/C15H13BrO4S/c1-20-13-3-2-4-14(9-13)21(18,19)10-15(17)11-5-7-12(16)8-6-11/h2-9H,10H2,1H3. The van der Waals surface area contributed by atoms with Crippen LogP contribution in [0.4, 0.5) is 0 Å². The van der Waals surface area contributed by atoms with E-state index in [2.05, 4.69) is 15.9 Å². The SMILES string of the molecule is COc1cccc(S(=O)(=O)CC(=O)c2ccc(Br)cc2)c1. The lowest BCUT2D eigenvalue weighted by Crippen LogP contribution is -2.16. The topological polar surface area (TPSA) is 60.4 Å². The smallest absolute Gasteiger partial charge is 0.185 e. The fraction of sp³-hybridized carbons (Fsp3) is 0.133. The Morgan fingerprint density at radius 3 is 2.43 bits per heavy atom. The summed E-state index contributed by atoms with van der Waals surface area (Å²) in [5.41, 5.74) is 0.365. The Bertz CT molecular complexity index is 751. The van der Waals surface area contributed by atoms with Gasteiger partial charge in [0.25, 0.3) is 0 Å². The molecule has 0 fully saturated rings. The number of hydrogen-bond acceptors (Lipinski definition) is 4. The van der Waals surface area contributed by atoms with Crippen LogP contribution < -0.4 is 4.74 Å². The van der Waals surface area contributed by atoms with Gasteiger partial charge in [-0.2, -0.15) is 0 Å². The molecule has 0 radical (unpaired) electrons. The largest absolute Gasteiger partial charge is 0.497 e. The Labute approximate surface area is 131 Å². The third-order valence-corrected chi connectivity index (χ3v) is 5.03. The number of rotatable bonds is 5. The van der Waals surface area contributed by atoms with Crippen LogP contribution in [0.25, 0.3) is 0 Å². The zero-order chi connectivity index (χ0) is 15.5. The van der Waals surface area contributed by atoms with E-state index in [1.54, 1.807) is 36.4 Å². The molecule has 0 aliphatic rings. The van der Waals surface area contributed by atoms with Gasteiger partial charge in [-0.15, -0.1) is 0 Å². The molecule has 0 atom stereocenters. The molecule has 6 heteroatoms. The number of carbonyl (C=O) groups excluding carboxylic acids is 1. The van der Waals surface area contributed by atoms with Crippen LogP contribution in [0.2, 0.25) is 0 Å². The lowest BCUT2D eigenvalue weighted by molar-refractivity contribution is 0.102. The second-order valence-corrected chi connectivity index (χ2v) is 7.27. The molecule has 2 rings (SSSR count). The van der Waals surface area contributed by atoms with E-state index in [1.807, 2.05) is 0 Å². The molecule has 2 aromatic carbocycles. The summed E-state index contributed by atoms with van der Waals surface area (Å²) in [6, 6.07) is 12.7. The van der Waals surface area contributed by atoms with Gasteiger partial charge < -0.3 is 4.74 Å². The van der Waals surface area contributed by atoms with E-state index in [1.165, 1.54) is 19.2 Å². The van der Waals surface area contributed by atoms with Crippen molar-refractivity contribution in [3.8, 4) is 5.75 Å². The summed E-state index contributed by atoms with van der Waals surface area (Å²) in [5.74, 6) is -0.570. The fourth-order valence-electron chi connectivity index (χ4n) is 1.77. The maximum atomic E-state index is 12.3. The zero-order valence-corrected chi connectivity index (χ0v) is 13.6. The average Bonchev–Trinajstić information content (AvgIpc) is 2.47. The van der Waals surface area contributed by atoms with Crippen LogP contribution in [0, 0.1) is 0 Å². The van der Waals surface area contributed by atoms with E-state index in [4.69, 9.17) is 4.74 Å². The minimum atomic E-state index is -3.69. The Balaban J connectivity index is 2.24. The number of halogens is 1.